The molecule has 2 rings (SSSR count). The number of imidazole rings is 1. The lowest BCUT2D eigenvalue weighted by Crippen LogP contribution is -2.20. The minimum atomic E-state index is -4.15. The van der Waals surface area contributed by atoms with Gasteiger partial charge in [-0.2, -0.15) is 13.2 Å². The zero-order valence-electron chi connectivity index (χ0n) is 17.2. The van der Waals surface area contributed by atoms with Crippen LogP contribution in [0.1, 0.15) is 66.1 Å². The summed E-state index contributed by atoms with van der Waals surface area (Å²) in [7, 11) is 0. The summed E-state index contributed by atoms with van der Waals surface area (Å²) in [6, 6.07) is 5.80. The molecule has 0 radical (unpaired) electrons. The molecule has 0 aliphatic rings. The van der Waals surface area contributed by atoms with Gasteiger partial charge in [-0.25, -0.2) is 4.98 Å². The number of rotatable bonds is 8. The van der Waals surface area contributed by atoms with Crippen LogP contribution in [0.3, 0.4) is 0 Å². The lowest BCUT2D eigenvalue weighted by molar-refractivity contribution is -0.135. The first kappa shape index (κ1) is 22.8. The molecule has 156 valence electrons. The molecule has 1 aromatic carbocycles. The Balaban J connectivity index is 2.36. The molecule has 1 heterocycles. The third-order valence-electron chi connectivity index (χ3n) is 4.52. The molecule has 2 aromatic rings. The topological polar surface area (TPSA) is 34.9 Å². The number of aromatic nitrogens is 2. The Morgan fingerprint density at radius 1 is 1.25 bits per heavy atom. The molecule has 0 fully saturated rings. The molecule has 0 saturated heterocycles. The summed E-state index contributed by atoms with van der Waals surface area (Å²) in [6.07, 6.45) is -3.18. The van der Waals surface area contributed by atoms with Crippen molar-refractivity contribution < 1.29 is 18.0 Å². The number of Topliss-reactive ketones (excluding diaryl/α,β-unsaturated/α-hetero) is 1. The average Bonchev–Trinajstić information content (AvgIpc) is 2.91. The number of benzene rings is 1. The van der Waals surface area contributed by atoms with E-state index in [9.17, 15) is 18.0 Å². The predicted octanol–water partition coefficient (Wildman–Crippen LogP) is 6.53. The molecular formula is C21H29F3N2OS. The number of alkyl halides is 3. The van der Waals surface area contributed by atoms with E-state index in [0.717, 1.165) is 34.6 Å². The number of carbonyl (C=O) groups is 1. The minimum absolute atomic E-state index is 0.0253. The van der Waals surface area contributed by atoms with Crippen LogP contribution in [0.2, 0.25) is 0 Å². The van der Waals surface area contributed by atoms with E-state index in [1.54, 1.807) is 6.92 Å². The van der Waals surface area contributed by atoms with Gasteiger partial charge in [0, 0.05) is 23.3 Å². The van der Waals surface area contributed by atoms with Gasteiger partial charge >= 0.3 is 6.18 Å². The Kier molecular flexibility index (Phi) is 7.23. The lowest BCUT2D eigenvalue weighted by Gasteiger charge is -2.20. The molecular weight excluding hydrogens is 385 g/mol. The molecule has 0 aliphatic heterocycles. The highest BCUT2D eigenvalue weighted by molar-refractivity contribution is 8.00. The molecule has 3 nitrogen and oxygen atoms in total. The van der Waals surface area contributed by atoms with Crippen LogP contribution in [-0.4, -0.2) is 26.8 Å². The summed E-state index contributed by atoms with van der Waals surface area (Å²) in [5.74, 6) is 0.934. The zero-order valence-corrected chi connectivity index (χ0v) is 18.0. The van der Waals surface area contributed by atoms with Gasteiger partial charge in [0.25, 0.3) is 0 Å². The fourth-order valence-electron chi connectivity index (χ4n) is 3.19. The number of ketones is 1. The maximum atomic E-state index is 12.6. The van der Waals surface area contributed by atoms with Crippen LogP contribution in [0.25, 0.3) is 11.0 Å². The monoisotopic (exact) mass is 414 g/mol. The van der Waals surface area contributed by atoms with E-state index < -0.39 is 12.6 Å². The smallest absolute Gasteiger partial charge is 0.328 e. The van der Waals surface area contributed by atoms with Crippen molar-refractivity contribution in [2.45, 2.75) is 88.6 Å². The largest absolute Gasteiger partial charge is 0.389 e. The van der Waals surface area contributed by atoms with Crippen molar-refractivity contribution in [2.75, 3.05) is 0 Å². The van der Waals surface area contributed by atoms with Crippen LogP contribution in [-0.2, 0) is 16.8 Å². The number of carbonyl (C=O) groups excluding carboxylic acids is 1. The van der Waals surface area contributed by atoms with Crippen molar-refractivity contribution in [1.29, 1.82) is 0 Å². The van der Waals surface area contributed by atoms with Crippen molar-refractivity contribution >= 4 is 28.6 Å². The zero-order chi connectivity index (χ0) is 21.1. The third-order valence-corrected chi connectivity index (χ3v) is 5.89. The van der Waals surface area contributed by atoms with Crippen molar-refractivity contribution in [3.8, 4) is 0 Å². The summed E-state index contributed by atoms with van der Waals surface area (Å²) >= 11 is 1.53. The molecule has 0 saturated carbocycles. The summed E-state index contributed by atoms with van der Waals surface area (Å²) in [4.78, 5) is 17.6. The predicted molar refractivity (Wildman–Crippen MR) is 109 cm³/mol. The van der Waals surface area contributed by atoms with E-state index in [2.05, 4.69) is 6.92 Å². The fourth-order valence-corrected chi connectivity index (χ4v) is 4.37. The first-order valence-electron chi connectivity index (χ1n) is 9.67. The van der Waals surface area contributed by atoms with Crippen molar-refractivity contribution in [1.82, 2.24) is 9.55 Å². The SMILES string of the molecule is CCCC(Sc1ccc2c(c1)nc(C(C)(C)C)n2CCCC(F)(F)F)C(C)=O. The Hall–Kier alpha value is -1.50. The molecule has 0 aliphatic carbocycles. The van der Waals surface area contributed by atoms with Gasteiger partial charge in [0.15, 0.2) is 0 Å². The second kappa shape index (κ2) is 8.89. The van der Waals surface area contributed by atoms with E-state index in [4.69, 9.17) is 4.98 Å². The van der Waals surface area contributed by atoms with Gasteiger partial charge in [0.2, 0.25) is 0 Å². The summed E-state index contributed by atoms with van der Waals surface area (Å²) in [5.41, 5.74) is 1.32. The first-order chi connectivity index (χ1) is 12.9. The lowest BCUT2D eigenvalue weighted by atomic mass is 9.95. The van der Waals surface area contributed by atoms with Crippen LogP contribution in [0.4, 0.5) is 13.2 Å². The van der Waals surface area contributed by atoms with Crippen molar-refractivity contribution in [3.05, 3.63) is 24.0 Å². The quantitative estimate of drug-likeness (QED) is 0.461. The van der Waals surface area contributed by atoms with Gasteiger partial charge in [0.1, 0.15) is 11.6 Å². The standard InChI is InChI=1S/C21H29F3N2OS/c1-6-8-18(14(2)27)28-15-9-10-17-16(13-15)25-19(20(3,4)5)26(17)12-7-11-21(22,23)24/h9-10,13,18H,6-8,11-12H2,1-5H3. The molecule has 1 atom stereocenters. The Morgan fingerprint density at radius 3 is 2.46 bits per heavy atom. The number of fused-ring (bicyclic) bond motifs is 1. The van der Waals surface area contributed by atoms with E-state index in [0.29, 0.717) is 0 Å². The van der Waals surface area contributed by atoms with Gasteiger partial charge < -0.3 is 4.57 Å². The van der Waals surface area contributed by atoms with Crippen molar-refractivity contribution in [3.63, 3.8) is 0 Å². The second-order valence-electron chi connectivity index (χ2n) is 8.21. The van der Waals surface area contributed by atoms with Gasteiger partial charge in [-0.15, -0.1) is 11.8 Å². The minimum Gasteiger partial charge on any atom is -0.328 e. The number of hydrogen-bond donors (Lipinski definition) is 0. The highest BCUT2D eigenvalue weighted by Crippen LogP contribution is 2.33. The summed E-state index contributed by atoms with van der Waals surface area (Å²) < 4.78 is 39.6. The first-order valence-corrected chi connectivity index (χ1v) is 10.5. The van der Waals surface area contributed by atoms with Gasteiger partial charge in [0.05, 0.1) is 16.3 Å². The molecule has 0 bridgehead atoms. The number of aryl methyl sites for hydroxylation is 1. The molecule has 0 amide bonds. The van der Waals surface area contributed by atoms with Crippen LogP contribution in [0, 0.1) is 0 Å². The molecule has 1 aromatic heterocycles. The van der Waals surface area contributed by atoms with E-state index in [1.165, 1.54) is 11.8 Å². The van der Waals surface area contributed by atoms with Gasteiger partial charge in [-0.05, 0) is 38.0 Å². The van der Waals surface area contributed by atoms with E-state index in [1.807, 2.05) is 43.5 Å². The van der Waals surface area contributed by atoms with Gasteiger partial charge in [-0.3, -0.25) is 4.79 Å². The Bertz CT molecular complexity index is 821. The maximum Gasteiger partial charge on any atom is 0.389 e. The van der Waals surface area contributed by atoms with Crippen LogP contribution in [0.15, 0.2) is 23.1 Å². The number of nitrogens with zero attached hydrogens (tertiary/aromatic N) is 2. The maximum absolute atomic E-state index is 12.6. The summed E-state index contributed by atoms with van der Waals surface area (Å²) in [5, 5.41) is -0.0848. The van der Waals surface area contributed by atoms with Crippen LogP contribution in [0.5, 0.6) is 0 Å². The summed E-state index contributed by atoms with van der Waals surface area (Å²) in [6.45, 7) is 9.98. The number of hydrogen-bond acceptors (Lipinski definition) is 3. The Labute approximate surface area is 169 Å². The molecule has 1 unspecified atom stereocenters. The number of halogens is 3. The molecule has 7 heteroatoms. The highest BCUT2D eigenvalue weighted by atomic mass is 32.2. The highest BCUT2D eigenvalue weighted by Gasteiger charge is 2.28. The normalized spacial score (nSPS) is 13.9. The van der Waals surface area contributed by atoms with E-state index >= 15 is 0 Å². The van der Waals surface area contributed by atoms with Crippen LogP contribution < -0.4 is 0 Å². The average molecular weight is 415 g/mol. The molecule has 0 spiro atoms. The fraction of sp³-hybridized carbons (Fsp3) is 0.619. The van der Waals surface area contributed by atoms with Crippen LogP contribution >= 0.6 is 11.8 Å². The Morgan fingerprint density at radius 2 is 1.93 bits per heavy atom. The van der Waals surface area contributed by atoms with E-state index in [-0.39, 0.29) is 29.4 Å². The number of thioether (sulfide) groups is 1. The third kappa shape index (κ3) is 6.00. The second-order valence-corrected chi connectivity index (χ2v) is 9.49. The molecule has 0 N–H and O–H groups in total. The van der Waals surface area contributed by atoms with Crippen molar-refractivity contribution in [2.24, 2.45) is 0 Å². The molecule has 28 heavy (non-hydrogen) atoms. The van der Waals surface area contributed by atoms with Gasteiger partial charge in [-0.1, -0.05) is 34.1 Å².